The van der Waals surface area contributed by atoms with Crippen molar-refractivity contribution in [3.8, 4) is 0 Å². The van der Waals surface area contributed by atoms with E-state index in [9.17, 15) is 0 Å². The van der Waals surface area contributed by atoms with Gasteiger partial charge in [-0.2, -0.15) is 0 Å². The van der Waals surface area contributed by atoms with E-state index in [4.69, 9.17) is 10.5 Å². The van der Waals surface area contributed by atoms with Crippen LogP contribution in [0.25, 0.3) is 0 Å². The van der Waals surface area contributed by atoms with E-state index < -0.39 is 0 Å². The summed E-state index contributed by atoms with van der Waals surface area (Å²) in [5.74, 6) is 1.74. The summed E-state index contributed by atoms with van der Waals surface area (Å²) in [6.45, 7) is 4.78. The van der Waals surface area contributed by atoms with Crippen molar-refractivity contribution in [3.05, 3.63) is 35.4 Å². The van der Waals surface area contributed by atoms with Gasteiger partial charge in [0.25, 0.3) is 0 Å². The molecule has 106 valence electrons. The predicted octanol–water partition coefficient (Wildman–Crippen LogP) is 2.42. The Morgan fingerprint density at radius 2 is 2.11 bits per heavy atom. The molecule has 2 rings (SSSR count). The van der Waals surface area contributed by atoms with Crippen LogP contribution in [0.5, 0.6) is 0 Å². The minimum atomic E-state index is 0.291. The fourth-order valence-electron chi connectivity index (χ4n) is 2.84. The molecule has 0 aliphatic heterocycles. The van der Waals surface area contributed by atoms with Crippen LogP contribution in [0.1, 0.15) is 30.5 Å². The molecule has 1 aromatic rings. The maximum Gasteiger partial charge on any atom is 0.0716 e. The highest BCUT2D eigenvalue weighted by Gasteiger charge is 2.34. The zero-order valence-electron chi connectivity index (χ0n) is 12.3. The Hall–Kier alpha value is -0.900. The topological polar surface area (TPSA) is 38.5 Å². The third-order valence-corrected chi connectivity index (χ3v) is 4.27. The van der Waals surface area contributed by atoms with Crippen molar-refractivity contribution in [2.24, 2.45) is 17.6 Å². The number of rotatable bonds is 7. The van der Waals surface area contributed by atoms with Crippen LogP contribution in [0.15, 0.2) is 24.3 Å². The molecule has 1 saturated carbocycles. The predicted molar refractivity (Wildman–Crippen MR) is 78.9 cm³/mol. The molecule has 0 amide bonds. The Morgan fingerprint density at radius 3 is 2.68 bits per heavy atom. The first kappa shape index (κ1) is 14.5. The number of hydrogen-bond acceptors (Lipinski definition) is 3. The molecular weight excluding hydrogens is 236 g/mol. The smallest absolute Gasteiger partial charge is 0.0716 e. The molecule has 0 saturated heterocycles. The molecule has 3 atom stereocenters. The Morgan fingerprint density at radius 1 is 1.42 bits per heavy atom. The molecule has 1 fully saturated rings. The SMILES string of the molecule is COCc1ccccc1C(CN)N(C)CC1CC1C. The van der Waals surface area contributed by atoms with Gasteiger partial charge in [0.15, 0.2) is 0 Å². The van der Waals surface area contributed by atoms with Gasteiger partial charge in [-0.1, -0.05) is 31.2 Å². The summed E-state index contributed by atoms with van der Waals surface area (Å²) in [4.78, 5) is 2.41. The third-order valence-electron chi connectivity index (χ3n) is 4.27. The Labute approximate surface area is 116 Å². The molecule has 0 aromatic heterocycles. The first-order valence-electron chi connectivity index (χ1n) is 7.14. The molecule has 2 N–H and O–H groups in total. The van der Waals surface area contributed by atoms with Crippen LogP contribution >= 0.6 is 0 Å². The molecular formula is C16H26N2O. The van der Waals surface area contributed by atoms with Gasteiger partial charge >= 0.3 is 0 Å². The fraction of sp³-hybridized carbons (Fsp3) is 0.625. The van der Waals surface area contributed by atoms with Gasteiger partial charge in [0.05, 0.1) is 6.61 Å². The number of ether oxygens (including phenoxy) is 1. The van der Waals surface area contributed by atoms with Gasteiger partial charge in [-0.05, 0) is 36.4 Å². The number of nitrogens with two attached hydrogens (primary N) is 1. The maximum absolute atomic E-state index is 6.02. The average molecular weight is 262 g/mol. The van der Waals surface area contributed by atoms with Crippen LogP contribution in [0.3, 0.4) is 0 Å². The lowest BCUT2D eigenvalue weighted by atomic mass is 9.99. The maximum atomic E-state index is 6.02. The first-order valence-corrected chi connectivity index (χ1v) is 7.14. The lowest BCUT2D eigenvalue weighted by Gasteiger charge is -2.29. The van der Waals surface area contributed by atoms with Crippen LogP contribution in [0, 0.1) is 11.8 Å². The normalized spacial score (nSPS) is 23.6. The molecule has 1 aromatic carbocycles. The quantitative estimate of drug-likeness (QED) is 0.820. The van der Waals surface area contributed by atoms with Gasteiger partial charge in [0.2, 0.25) is 0 Å². The second-order valence-electron chi connectivity index (χ2n) is 5.80. The van der Waals surface area contributed by atoms with Crippen molar-refractivity contribution in [1.82, 2.24) is 4.90 Å². The number of benzene rings is 1. The summed E-state index contributed by atoms with van der Waals surface area (Å²) in [5, 5.41) is 0. The number of hydrogen-bond donors (Lipinski definition) is 1. The summed E-state index contributed by atoms with van der Waals surface area (Å²) in [6.07, 6.45) is 1.36. The summed E-state index contributed by atoms with van der Waals surface area (Å²) in [5.41, 5.74) is 8.57. The highest BCUT2D eigenvalue weighted by Crippen LogP contribution is 2.39. The summed E-state index contributed by atoms with van der Waals surface area (Å²) >= 11 is 0. The molecule has 0 spiro atoms. The Balaban J connectivity index is 2.11. The van der Waals surface area contributed by atoms with E-state index >= 15 is 0 Å². The second kappa shape index (κ2) is 6.51. The van der Waals surface area contributed by atoms with Gasteiger partial charge in [0.1, 0.15) is 0 Å². The molecule has 1 aliphatic carbocycles. The molecule has 0 bridgehead atoms. The van der Waals surface area contributed by atoms with Crippen LogP contribution in [-0.2, 0) is 11.3 Å². The number of methoxy groups -OCH3 is 1. The molecule has 0 heterocycles. The molecule has 3 unspecified atom stereocenters. The van der Waals surface area contributed by atoms with E-state index in [0.717, 1.165) is 18.4 Å². The van der Waals surface area contributed by atoms with Crippen LogP contribution in [-0.4, -0.2) is 32.1 Å². The van der Waals surface area contributed by atoms with Crippen LogP contribution < -0.4 is 5.73 Å². The summed E-state index contributed by atoms with van der Waals surface area (Å²) in [7, 11) is 3.93. The largest absolute Gasteiger partial charge is 0.380 e. The lowest BCUT2D eigenvalue weighted by Crippen LogP contribution is -2.33. The highest BCUT2D eigenvalue weighted by atomic mass is 16.5. The van der Waals surface area contributed by atoms with Gasteiger partial charge in [-0.15, -0.1) is 0 Å². The van der Waals surface area contributed by atoms with Crippen LogP contribution in [0.2, 0.25) is 0 Å². The fourth-order valence-corrected chi connectivity index (χ4v) is 2.84. The van der Waals surface area contributed by atoms with Crippen LogP contribution in [0.4, 0.5) is 0 Å². The lowest BCUT2D eigenvalue weighted by molar-refractivity contribution is 0.179. The Bertz CT molecular complexity index is 407. The molecule has 0 radical (unpaired) electrons. The van der Waals surface area contributed by atoms with Crippen molar-refractivity contribution in [1.29, 1.82) is 0 Å². The standard InChI is InChI=1S/C16H26N2O/c1-12-8-14(12)10-18(2)16(9-17)15-7-5-4-6-13(15)11-19-3/h4-7,12,14,16H,8-11,17H2,1-3H3. The van der Waals surface area contributed by atoms with Crippen molar-refractivity contribution in [3.63, 3.8) is 0 Å². The van der Waals surface area contributed by atoms with E-state index in [2.05, 4.69) is 43.1 Å². The first-order chi connectivity index (χ1) is 9.17. The van der Waals surface area contributed by atoms with Gasteiger partial charge in [0, 0.05) is 26.2 Å². The van der Waals surface area contributed by atoms with Crippen molar-refractivity contribution in [2.45, 2.75) is 26.0 Å². The summed E-state index contributed by atoms with van der Waals surface area (Å²) in [6, 6.07) is 8.76. The minimum Gasteiger partial charge on any atom is -0.380 e. The molecule has 3 nitrogen and oxygen atoms in total. The van der Waals surface area contributed by atoms with Gasteiger partial charge in [-0.3, -0.25) is 4.90 Å². The van der Waals surface area contributed by atoms with E-state index in [0.29, 0.717) is 19.2 Å². The Kier molecular flexibility index (Phi) is 4.97. The minimum absolute atomic E-state index is 0.291. The van der Waals surface area contributed by atoms with Gasteiger partial charge in [-0.25, -0.2) is 0 Å². The zero-order chi connectivity index (χ0) is 13.8. The van der Waals surface area contributed by atoms with Crippen molar-refractivity contribution < 1.29 is 4.74 Å². The number of likely N-dealkylation sites (N-methyl/N-ethyl adjacent to an activating group) is 1. The molecule has 3 heteroatoms. The molecule has 1 aliphatic rings. The van der Waals surface area contributed by atoms with E-state index in [-0.39, 0.29) is 0 Å². The molecule has 19 heavy (non-hydrogen) atoms. The summed E-state index contributed by atoms with van der Waals surface area (Å²) < 4.78 is 5.29. The average Bonchev–Trinajstić information content (AvgIpc) is 3.08. The third kappa shape index (κ3) is 3.56. The zero-order valence-corrected chi connectivity index (χ0v) is 12.3. The monoisotopic (exact) mass is 262 g/mol. The highest BCUT2D eigenvalue weighted by molar-refractivity contribution is 5.30. The van der Waals surface area contributed by atoms with E-state index in [1.54, 1.807) is 7.11 Å². The van der Waals surface area contributed by atoms with E-state index in [1.165, 1.54) is 17.5 Å². The van der Waals surface area contributed by atoms with Crippen molar-refractivity contribution in [2.75, 3.05) is 27.2 Å². The second-order valence-corrected chi connectivity index (χ2v) is 5.80. The van der Waals surface area contributed by atoms with E-state index in [1.807, 2.05) is 0 Å². The van der Waals surface area contributed by atoms with Crippen molar-refractivity contribution >= 4 is 0 Å². The number of nitrogens with zero attached hydrogens (tertiary/aromatic N) is 1. The van der Waals surface area contributed by atoms with Gasteiger partial charge < -0.3 is 10.5 Å².